The molecule has 0 bridgehead atoms. The molecule has 1 aromatic rings. The van der Waals surface area contributed by atoms with Crippen LogP contribution in [0.15, 0.2) is 24.3 Å². The van der Waals surface area contributed by atoms with Gasteiger partial charge in [0.1, 0.15) is 11.9 Å². The number of hydrogen-bond donors (Lipinski definition) is 1. The molecule has 1 fully saturated rings. The fourth-order valence-corrected chi connectivity index (χ4v) is 2.14. The normalized spacial score (nSPS) is 18.5. The summed E-state index contributed by atoms with van der Waals surface area (Å²) in [7, 11) is 1.83. The minimum absolute atomic E-state index is 0. The first-order chi connectivity index (χ1) is 9.20. The summed E-state index contributed by atoms with van der Waals surface area (Å²) in [5.74, 6) is -0.133. The molecule has 0 aromatic heterocycles. The van der Waals surface area contributed by atoms with E-state index < -0.39 is 0 Å². The Kier molecular flexibility index (Phi) is 6.91. The van der Waals surface area contributed by atoms with E-state index >= 15 is 0 Å². The topological polar surface area (TPSA) is 41.6 Å². The Labute approximate surface area is 124 Å². The third kappa shape index (κ3) is 4.44. The summed E-state index contributed by atoms with van der Waals surface area (Å²) in [6.07, 6.45) is 0.333. The summed E-state index contributed by atoms with van der Waals surface area (Å²) in [4.78, 5) is 13.8. The highest BCUT2D eigenvalue weighted by Gasteiger charge is 2.24. The van der Waals surface area contributed by atoms with Gasteiger partial charge < -0.3 is 15.0 Å². The van der Waals surface area contributed by atoms with E-state index in [0.717, 1.165) is 5.56 Å². The highest BCUT2D eigenvalue weighted by molar-refractivity contribution is 5.85. The summed E-state index contributed by atoms with van der Waals surface area (Å²) in [5, 5.41) is 2.97. The second-order valence-corrected chi connectivity index (χ2v) is 4.60. The predicted molar refractivity (Wildman–Crippen MR) is 77.5 cm³/mol. The first kappa shape index (κ1) is 16.9. The van der Waals surface area contributed by atoms with Crippen LogP contribution in [-0.4, -0.2) is 44.1 Å². The standard InChI is InChI=1S/C14H19FN2O2.ClH/c1-16-7-6-14(18)17-8-9-19-13(10-17)11-2-4-12(15)5-3-11;/h2-5,13,16H,6-10H2,1H3;1H. The summed E-state index contributed by atoms with van der Waals surface area (Å²) in [6, 6.07) is 6.25. The van der Waals surface area contributed by atoms with Crippen LogP contribution < -0.4 is 5.32 Å². The van der Waals surface area contributed by atoms with Crippen LogP contribution in [0.5, 0.6) is 0 Å². The van der Waals surface area contributed by atoms with Gasteiger partial charge in [-0.15, -0.1) is 12.4 Å². The molecule has 1 aliphatic heterocycles. The van der Waals surface area contributed by atoms with Gasteiger partial charge in [-0.25, -0.2) is 4.39 Å². The maximum atomic E-state index is 12.9. The average Bonchev–Trinajstić information content (AvgIpc) is 2.45. The Hall–Kier alpha value is -1.17. The number of carbonyl (C=O) groups is 1. The molecule has 20 heavy (non-hydrogen) atoms. The largest absolute Gasteiger partial charge is 0.370 e. The molecule has 1 saturated heterocycles. The molecule has 1 aliphatic rings. The number of amides is 1. The Morgan fingerprint density at radius 1 is 1.45 bits per heavy atom. The van der Waals surface area contributed by atoms with Crippen LogP contribution in [0.4, 0.5) is 4.39 Å². The number of nitrogens with zero attached hydrogens (tertiary/aromatic N) is 1. The molecule has 6 heteroatoms. The summed E-state index contributed by atoms with van der Waals surface area (Å²) in [6.45, 7) is 2.36. The van der Waals surface area contributed by atoms with Crippen molar-refractivity contribution in [3.05, 3.63) is 35.6 Å². The first-order valence-corrected chi connectivity index (χ1v) is 6.50. The average molecular weight is 303 g/mol. The van der Waals surface area contributed by atoms with Crippen LogP contribution in [0.2, 0.25) is 0 Å². The molecule has 1 heterocycles. The van der Waals surface area contributed by atoms with E-state index in [0.29, 0.717) is 32.7 Å². The van der Waals surface area contributed by atoms with Gasteiger partial charge in [0.25, 0.3) is 0 Å². The van der Waals surface area contributed by atoms with Crippen LogP contribution in [0.3, 0.4) is 0 Å². The monoisotopic (exact) mass is 302 g/mol. The van der Waals surface area contributed by atoms with E-state index in [9.17, 15) is 9.18 Å². The molecule has 0 saturated carbocycles. The molecule has 1 aromatic carbocycles. The molecule has 0 spiro atoms. The Morgan fingerprint density at radius 2 is 2.15 bits per heavy atom. The lowest BCUT2D eigenvalue weighted by molar-refractivity contribution is -0.138. The summed E-state index contributed by atoms with van der Waals surface area (Å²) >= 11 is 0. The number of hydrogen-bond acceptors (Lipinski definition) is 3. The van der Waals surface area contributed by atoms with E-state index in [1.165, 1.54) is 12.1 Å². The zero-order valence-electron chi connectivity index (χ0n) is 11.5. The highest BCUT2D eigenvalue weighted by atomic mass is 35.5. The van der Waals surface area contributed by atoms with Crippen molar-refractivity contribution in [2.24, 2.45) is 0 Å². The maximum Gasteiger partial charge on any atom is 0.224 e. The number of benzene rings is 1. The van der Waals surface area contributed by atoms with Gasteiger partial charge in [-0.2, -0.15) is 0 Å². The van der Waals surface area contributed by atoms with Crippen LogP contribution >= 0.6 is 12.4 Å². The van der Waals surface area contributed by atoms with Crippen molar-refractivity contribution in [3.8, 4) is 0 Å². The second kappa shape index (κ2) is 8.19. The highest BCUT2D eigenvalue weighted by Crippen LogP contribution is 2.22. The van der Waals surface area contributed by atoms with Crippen molar-refractivity contribution in [1.29, 1.82) is 0 Å². The van der Waals surface area contributed by atoms with Gasteiger partial charge >= 0.3 is 0 Å². The minimum Gasteiger partial charge on any atom is -0.370 e. The smallest absolute Gasteiger partial charge is 0.224 e. The number of carbonyl (C=O) groups excluding carboxylic acids is 1. The molecule has 1 N–H and O–H groups in total. The zero-order valence-corrected chi connectivity index (χ0v) is 12.3. The fraction of sp³-hybridized carbons (Fsp3) is 0.500. The fourth-order valence-electron chi connectivity index (χ4n) is 2.14. The van der Waals surface area contributed by atoms with E-state index in [1.54, 1.807) is 12.1 Å². The number of halogens is 2. The molecule has 0 aliphatic carbocycles. The lowest BCUT2D eigenvalue weighted by Crippen LogP contribution is -2.42. The van der Waals surface area contributed by atoms with Crippen molar-refractivity contribution in [1.82, 2.24) is 10.2 Å². The van der Waals surface area contributed by atoms with Gasteiger partial charge in [0.2, 0.25) is 5.91 Å². The molecule has 2 rings (SSSR count). The van der Waals surface area contributed by atoms with E-state index in [2.05, 4.69) is 5.32 Å². The summed E-state index contributed by atoms with van der Waals surface area (Å²) in [5.41, 5.74) is 0.910. The molecule has 1 unspecified atom stereocenters. The molecule has 0 radical (unpaired) electrons. The van der Waals surface area contributed by atoms with Crippen molar-refractivity contribution in [2.45, 2.75) is 12.5 Å². The Balaban J connectivity index is 0.00000200. The molecule has 1 amide bonds. The number of ether oxygens (including phenoxy) is 1. The quantitative estimate of drug-likeness (QED) is 0.921. The number of nitrogens with one attached hydrogen (secondary N) is 1. The number of rotatable bonds is 4. The molecular formula is C14H20ClFN2O2. The number of morpholine rings is 1. The summed E-state index contributed by atoms with van der Waals surface area (Å²) < 4.78 is 18.5. The molecular weight excluding hydrogens is 283 g/mol. The predicted octanol–water partition coefficient (Wildman–Crippen LogP) is 1.76. The Bertz CT molecular complexity index is 428. The lowest BCUT2D eigenvalue weighted by Gasteiger charge is -2.33. The second-order valence-electron chi connectivity index (χ2n) is 4.60. The SMILES string of the molecule is CNCCC(=O)N1CCOC(c2ccc(F)cc2)C1.Cl. The van der Waals surface area contributed by atoms with Gasteiger partial charge in [0.15, 0.2) is 0 Å². The van der Waals surface area contributed by atoms with Crippen molar-refractivity contribution in [3.63, 3.8) is 0 Å². The molecule has 4 nitrogen and oxygen atoms in total. The lowest BCUT2D eigenvalue weighted by atomic mass is 10.1. The van der Waals surface area contributed by atoms with Gasteiger partial charge in [0.05, 0.1) is 13.2 Å². The van der Waals surface area contributed by atoms with Gasteiger partial charge in [0, 0.05) is 19.5 Å². The van der Waals surface area contributed by atoms with Crippen molar-refractivity contribution >= 4 is 18.3 Å². The van der Waals surface area contributed by atoms with Crippen molar-refractivity contribution in [2.75, 3.05) is 33.3 Å². The van der Waals surface area contributed by atoms with Crippen LogP contribution in [0.1, 0.15) is 18.1 Å². The van der Waals surface area contributed by atoms with Crippen LogP contribution in [0, 0.1) is 5.82 Å². The van der Waals surface area contributed by atoms with Gasteiger partial charge in [-0.3, -0.25) is 4.79 Å². The third-order valence-electron chi connectivity index (χ3n) is 3.25. The van der Waals surface area contributed by atoms with Gasteiger partial charge in [-0.1, -0.05) is 12.1 Å². The van der Waals surface area contributed by atoms with E-state index in [1.807, 2.05) is 11.9 Å². The first-order valence-electron chi connectivity index (χ1n) is 6.50. The zero-order chi connectivity index (χ0) is 13.7. The van der Waals surface area contributed by atoms with Crippen molar-refractivity contribution < 1.29 is 13.9 Å². The van der Waals surface area contributed by atoms with Crippen LogP contribution in [-0.2, 0) is 9.53 Å². The third-order valence-corrected chi connectivity index (χ3v) is 3.25. The minimum atomic E-state index is -0.262. The van der Waals surface area contributed by atoms with E-state index in [4.69, 9.17) is 4.74 Å². The van der Waals surface area contributed by atoms with Gasteiger partial charge in [-0.05, 0) is 24.7 Å². The van der Waals surface area contributed by atoms with Crippen LogP contribution in [0.25, 0.3) is 0 Å². The van der Waals surface area contributed by atoms with E-state index in [-0.39, 0.29) is 30.2 Å². The Morgan fingerprint density at radius 3 is 2.80 bits per heavy atom. The molecule has 112 valence electrons. The molecule has 1 atom stereocenters. The maximum absolute atomic E-state index is 12.9.